The summed E-state index contributed by atoms with van der Waals surface area (Å²) in [5.41, 5.74) is 3.17. The summed E-state index contributed by atoms with van der Waals surface area (Å²) in [6.45, 7) is 1.93. The highest BCUT2D eigenvalue weighted by molar-refractivity contribution is 6.31. The lowest BCUT2D eigenvalue weighted by molar-refractivity contribution is -0.384. The molecule has 0 N–H and O–H groups in total. The molecule has 0 amide bonds. The zero-order valence-corrected chi connectivity index (χ0v) is 13.7. The fraction of sp³-hybridized carbons (Fsp3) is 0.188. The first-order valence-electron chi connectivity index (χ1n) is 6.99. The van der Waals surface area contributed by atoms with Crippen LogP contribution in [0.3, 0.4) is 0 Å². The molecule has 1 heterocycles. The third-order valence-corrected chi connectivity index (χ3v) is 4.05. The number of aryl methyl sites for hydroxylation is 1. The summed E-state index contributed by atoms with van der Waals surface area (Å²) in [6, 6.07) is 10.3. The molecule has 0 aliphatic rings. The van der Waals surface area contributed by atoms with E-state index in [1.807, 2.05) is 48.7 Å². The van der Waals surface area contributed by atoms with Crippen LogP contribution in [0.25, 0.3) is 16.7 Å². The van der Waals surface area contributed by atoms with E-state index in [9.17, 15) is 10.1 Å². The maximum Gasteiger partial charge on any atom is 0.271 e. The molecule has 0 radical (unpaired) electrons. The minimum atomic E-state index is -0.408. The Bertz CT molecular complexity index is 918. The third kappa shape index (κ3) is 2.61. The molecule has 7 heteroatoms. The summed E-state index contributed by atoms with van der Waals surface area (Å²) < 4.78 is 1.87. The second-order valence-corrected chi connectivity index (χ2v) is 5.91. The first-order valence-corrected chi connectivity index (χ1v) is 7.37. The monoisotopic (exact) mass is 330 g/mol. The second kappa shape index (κ2) is 5.55. The van der Waals surface area contributed by atoms with Crippen molar-refractivity contribution in [2.75, 3.05) is 19.0 Å². The molecule has 0 bridgehead atoms. The van der Waals surface area contributed by atoms with Crippen LogP contribution in [0.4, 0.5) is 11.6 Å². The van der Waals surface area contributed by atoms with E-state index in [4.69, 9.17) is 11.6 Å². The molecule has 2 aromatic carbocycles. The van der Waals surface area contributed by atoms with Gasteiger partial charge in [0.05, 0.1) is 21.6 Å². The SMILES string of the molecule is Cc1ccc(-n2c(N(C)C)nc3ccc([N+](=O)[O-])cc32)cc1Cl. The van der Waals surface area contributed by atoms with Gasteiger partial charge in [-0.1, -0.05) is 17.7 Å². The van der Waals surface area contributed by atoms with Crippen LogP contribution >= 0.6 is 11.6 Å². The van der Waals surface area contributed by atoms with Crippen molar-refractivity contribution in [2.45, 2.75) is 6.92 Å². The number of halogens is 1. The topological polar surface area (TPSA) is 64.2 Å². The van der Waals surface area contributed by atoms with Crippen LogP contribution < -0.4 is 4.90 Å². The molecule has 6 nitrogen and oxygen atoms in total. The van der Waals surface area contributed by atoms with Crippen LogP contribution in [-0.2, 0) is 0 Å². The van der Waals surface area contributed by atoms with Crippen LogP contribution in [0.5, 0.6) is 0 Å². The lowest BCUT2D eigenvalue weighted by Gasteiger charge is -2.15. The molecule has 0 atom stereocenters. The standard InChI is InChI=1S/C16H15ClN4O2/c1-10-4-5-11(8-13(10)17)20-15-9-12(21(22)23)6-7-14(15)18-16(20)19(2)3/h4-9H,1-3H3. The quantitative estimate of drug-likeness (QED) is 0.538. The van der Waals surface area contributed by atoms with Crippen LogP contribution in [-0.4, -0.2) is 28.6 Å². The molecular formula is C16H15ClN4O2. The largest absolute Gasteiger partial charge is 0.348 e. The van der Waals surface area contributed by atoms with Gasteiger partial charge in [0.15, 0.2) is 0 Å². The zero-order chi connectivity index (χ0) is 16.7. The smallest absolute Gasteiger partial charge is 0.271 e. The zero-order valence-electron chi connectivity index (χ0n) is 12.9. The van der Waals surface area contributed by atoms with Crippen LogP contribution in [0.1, 0.15) is 5.56 Å². The first-order chi connectivity index (χ1) is 10.9. The van der Waals surface area contributed by atoms with E-state index in [1.165, 1.54) is 12.1 Å². The molecule has 23 heavy (non-hydrogen) atoms. The molecule has 0 saturated heterocycles. The van der Waals surface area contributed by atoms with E-state index in [1.54, 1.807) is 6.07 Å². The Labute approximate surface area is 138 Å². The maximum absolute atomic E-state index is 11.1. The number of rotatable bonds is 3. The number of nitro groups is 1. The van der Waals surface area contributed by atoms with Gasteiger partial charge in [-0.15, -0.1) is 0 Å². The number of hydrogen-bond acceptors (Lipinski definition) is 4. The lowest BCUT2D eigenvalue weighted by atomic mass is 10.2. The van der Waals surface area contributed by atoms with Gasteiger partial charge in [-0.25, -0.2) is 4.98 Å². The highest BCUT2D eigenvalue weighted by Crippen LogP contribution is 2.30. The Morgan fingerprint density at radius 1 is 1.22 bits per heavy atom. The summed E-state index contributed by atoms with van der Waals surface area (Å²) in [4.78, 5) is 17.1. The summed E-state index contributed by atoms with van der Waals surface area (Å²) in [5.74, 6) is 0.681. The average molecular weight is 331 g/mol. The van der Waals surface area contributed by atoms with Crippen LogP contribution in [0.2, 0.25) is 5.02 Å². The summed E-state index contributed by atoms with van der Waals surface area (Å²) >= 11 is 6.24. The van der Waals surface area contributed by atoms with E-state index < -0.39 is 4.92 Å². The third-order valence-electron chi connectivity index (χ3n) is 3.64. The van der Waals surface area contributed by atoms with Crippen molar-refractivity contribution in [3.63, 3.8) is 0 Å². The molecule has 1 aromatic heterocycles. The molecule has 0 fully saturated rings. The van der Waals surface area contributed by atoms with Gasteiger partial charge >= 0.3 is 0 Å². The number of aromatic nitrogens is 2. The predicted molar refractivity (Wildman–Crippen MR) is 91.8 cm³/mol. The number of anilines is 1. The maximum atomic E-state index is 11.1. The van der Waals surface area contributed by atoms with Gasteiger partial charge in [-0.2, -0.15) is 0 Å². The highest BCUT2D eigenvalue weighted by Gasteiger charge is 2.17. The second-order valence-electron chi connectivity index (χ2n) is 5.51. The van der Waals surface area contributed by atoms with E-state index in [2.05, 4.69) is 4.98 Å². The van der Waals surface area contributed by atoms with Crippen molar-refractivity contribution >= 4 is 34.3 Å². The minimum absolute atomic E-state index is 0.0298. The fourth-order valence-corrected chi connectivity index (χ4v) is 2.61. The van der Waals surface area contributed by atoms with Crippen molar-refractivity contribution < 1.29 is 4.92 Å². The van der Waals surface area contributed by atoms with Crippen LogP contribution in [0.15, 0.2) is 36.4 Å². The Balaban J connectivity index is 2.34. The van der Waals surface area contributed by atoms with E-state index >= 15 is 0 Å². The summed E-state index contributed by atoms with van der Waals surface area (Å²) in [6.07, 6.45) is 0. The van der Waals surface area contributed by atoms with Gasteiger partial charge in [0.2, 0.25) is 5.95 Å². The molecule has 3 aromatic rings. The summed E-state index contributed by atoms with van der Waals surface area (Å²) in [7, 11) is 3.75. The van der Waals surface area contributed by atoms with Crippen molar-refractivity contribution in [3.8, 4) is 5.69 Å². The molecule has 0 aliphatic heterocycles. The van der Waals surface area contributed by atoms with Gasteiger partial charge in [0.25, 0.3) is 5.69 Å². The number of benzene rings is 2. The normalized spacial score (nSPS) is 11.0. The van der Waals surface area contributed by atoms with Gasteiger partial charge in [0, 0.05) is 31.3 Å². The number of hydrogen-bond donors (Lipinski definition) is 0. The number of imidazole rings is 1. The molecule has 3 rings (SSSR count). The van der Waals surface area contributed by atoms with E-state index in [0.717, 1.165) is 11.3 Å². The fourth-order valence-electron chi connectivity index (χ4n) is 2.44. The Morgan fingerprint density at radius 3 is 2.57 bits per heavy atom. The molecule has 0 unspecified atom stereocenters. The van der Waals surface area contributed by atoms with Crippen molar-refractivity contribution in [1.82, 2.24) is 9.55 Å². The van der Waals surface area contributed by atoms with Gasteiger partial charge in [-0.3, -0.25) is 14.7 Å². The van der Waals surface area contributed by atoms with E-state index in [-0.39, 0.29) is 5.69 Å². The highest BCUT2D eigenvalue weighted by atomic mass is 35.5. The van der Waals surface area contributed by atoms with Gasteiger partial charge < -0.3 is 4.90 Å². The molecule has 118 valence electrons. The Hall–Kier alpha value is -2.60. The Morgan fingerprint density at radius 2 is 1.96 bits per heavy atom. The Kier molecular flexibility index (Phi) is 3.69. The van der Waals surface area contributed by atoms with Crippen LogP contribution in [0, 0.1) is 17.0 Å². The predicted octanol–water partition coefficient (Wildman–Crippen LogP) is 3.96. The van der Waals surface area contributed by atoms with Gasteiger partial charge in [-0.05, 0) is 30.7 Å². The number of nitro benzene ring substituents is 1. The van der Waals surface area contributed by atoms with Crippen molar-refractivity contribution in [3.05, 3.63) is 57.1 Å². The van der Waals surface area contributed by atoms with Gasteiger partial charge in [0.1, 0.15) is 0 Å². The molecular weight excluding hydrogens is 316 g/mol. The van der Waals surface area contributed by atoms with E-state index in [0.29, 0.717) is 22.0 Å². The molecule has 0 spiro atoms. The number of fused-ring (bicyclic) bond motifs is 1. The van der Waals surface area contributed by atoms with Crippen molar-refractivity contribution in [2.24, 2.45) is 0 Å². The molecule has 0 saturated carbocycles. The first kappa shape index (κ1) is 15.3. The minimum Gasteiger partial charge on any atom is -0.348 e. The van der Waals surface area contributed by atoms with Crippen molar-refractivity contribution in [1.29, 1.82) is 0 Å². The summed E-state index contributed by atoms with van der Waals surface area (Å²) in [5, 5.41) is 11.7. The number of non-ortho nitro benzene ring substituents is 1. The molecule has 0 aliphatic carbocycles. The lowest BCUT2D eigenvalue weighted by Crippen LogP contribution is -2.14. The average Bonchev–Trinajstić information content (AvgIpc) is 2.88. The number of nitrogens with zero attached hydrogens (tertiary/aromatic N) is 4.